The van der Waals surface area contributed by atoms with Crippen molar-refractivity contribution >= 4 is 17.7 Å². The Morgan fingerprint density at radius 2 is 2.00 bits per heavy atom. The Bertz CT molecular complexity index is 448. The standard InChI is InChI=1S/C13H18N2O4/c1-2-5-9-6-3-4-7-10(9)14-13(19)15-11(8-16)12(17)18/h3-4,6-7,11,16H,2,5,8H2,1H3,(H,17,18)(H2,14,15,19)/t11-/m1/s1. The number of aliphatic hydroxyl groups excluding tert-OH is 1. The number of amides is 2. The van der Waals surface area contributed by atoms with E-state index in [0.717, 1.165) is 18.4 Å². The zero-order valence-electron chi connectivity index (χ0n) is 10.7. The fraction of sp³-hybridized carbons (Fsp3) is 0.385. The van der Waals surface area contributed by atoms with Gasteiger partial charge in [-0.2, -0.15) is 0 Å². The number of hydrogen-bond acceptors (Lipinski definition) is 3. The number of benzene rings is 1. The first-order chi connectivity index (χ1) is 9.08. The molecule has 19 heavy (non-hydrogen) atoms. The van der Waals surface area contributed by atoms with Gasteiger partial charge in [0.1, 0.15) is 0 Å². The lowest BCUT2D eigenvalue weighted by atomic mass is 10.1. The van der Waals surface area contributed by atoms with Crippen LogP contribution in [-0.4, -0.2) is 34.9 Å². The number of carboxylic acids is 1. The van der Waals surface area contributed by atoms with Gasteiger partial charge in [0.2, 0.25) is 0 Å². The van der Waals surface area contributed by atoms with Crippen molar-refractivity contribution in [3.8, 4) is 0 Å². The van der Waals surface area contributed by atoms with E-state index in [0.29, 0.717) is 5.69 Å². The zero-order valence-corrected chi connectivity index (χ0v) is 10.7. The van der Waals surface area contributed by atoms with Crippen LogP contribution >= 0.6 is 0 Å². The smallest absolute Gasteiger partial charge is 0.328 e. The van der Waals surface area contributed by atoms with E-state index in [1.54, 1.807) is 12.1 Å². The molecular formula is C13H18N2O4. The molecule has 0 bridgehead atoms. The molecule has 6 heteroatoms. The third-order valence-electron chi connectivity index (χ3n) is 2.57. The van der Waals surface area contributed by atoms with E-state index in [4.69, 9.17) is 10.2 Å². The monoisotopic (exact) mass is 266 g/mol. The molecule has 4 N–H and O–H groups in total. The molecule has 0 saturated carbocycles. The molecule has 2 amide bonds. The van der Waals surface area contributed by atoms with Gasteiger partial charge in [-0.1, -0.05) is 31.5 Å². The van der Waals surface area contributed by atoms with Crippen molar-refractivity contribution in [3.63, 3.8) is 0 Å². The van der Waals surface area contributed by atoms with E-state index in [1.807, 2.05) is 19.1 Å². The van der Waals surface area contributed by atoms with E-state index in [2.05, 4.69) is 10.6 Å². The van der Waals surface area contributed by atoms with Gasteiger partial charge in [-0.3, -0.25) is 0 Å². The predicted octanol–water partition coefficient (Wildman–Crippen LogP) is 1.21. The molecule has 0 unspecified atom stereocenters. The SMILES string of the molecule is CCCc1ccccc1NC(=O)N[C@H](CO)C(=O)O. The largest absolute Gasteiger partial charge is 0.480 e. The van der Waals surface area contributed by atoms with Gasteiger partial charge in [0.25, 0.3) is 0 Å². The Balaban J connectivity index is 2.69. The Hall–Kier alpha value is -2.08. The summed E-state index contributed by atoms with van der Waals surface area (Å²) in [5, 5.41) is 22.3. The maximum atomic E-state index is 11.6. The number of urea groups is 1. The molecule has 0 aromatic heterocycles. The molecule has 0 aliphatic rings. The molecule has 1 aromatic carbocycles. The summed E-state index contributed by atoms with van der Waals surface area (Å²) in [6, 6.07) is 5.36. The van der Waals surface area contributed by atoms with Crippen LogP contribution in [0.4, 0.5) is 10.5 Å². The summed E-state index contributed by atoms with van der Waals surface area (Å²) in [6.45, 7) is 1.38. The Morgan fingerprint density at radius 3 is 2.58 bits per heavy atom. The third kappa shape index (κ3) is 4.59. The van der Waals surface area contributed by atoms with E-state index in [9.17, 15) is 9.59 Å². The van der Waals surface area contributed by atoms with Crippen molar-refractivity contribution in [1.82, 2.24) is 5.32 Å². The summed E-state index contributed by atoms with van der Waals surface area (Å²) in [5.41, 5.74) is 1.62. The third-order valence-corrected chi connectivity index (χ3v) is 2.57. The second-order valence-corrected chi connectivity index (χ2v) is 4.08. The van der Waals surface area contributed by atoms with Crippen LogP contribution in [0.1, 0.15) is 18.9 Å². The maximum Gasteiger partial charge on any atom is 0.328 e. The van der Waals surface area contributed by atoms with Crippen LogP contribution in [0, 0.1) is 0 Å². The minimum Gasteiger partial charge on any atom is -0.480 e. The van der Waals surface area contributed by atoms with Crippen LogP contribution in [0.15, 0.2) is 24.3 Å². The minimum atomic E-state index is -1.31. The van der Waals surface area contributed by atoms with Crippen LogP contribution < -0.4 is 10.6 Å². The number of anilines is 1. The molecule has 104 valence electrons. The molecule has 0 spiro atoms. The van der Waals surface area contributed by atoms with Gasteiger partial charge < -0.3 is 20.8 Å². The average molecular weight is 266 g/mol. The lowest BCUT2D eigenvalue weighted by Crippen LogP contribution is -2.45. The van der Waals surface area contributed by atoms with Gasteiger partial charge in [-0.05, 0) is 18.1 Å². The van der Waals surface area contributed by atoms with Gasteiger partial charge in [0.05, 0.1) is 6.61 Å². The second-order valence-electron chi connectivity index (χ2n) is 4.08. The van der Waals surface area contributed by atoms with Crippen LogP contribution in [0.3, 0.4) is 0 Å². The van der Waals surface area contributed by atoms with Crippen LogP contribution in [-0.2, 0) is 11.2 Å². The number of para-hydroxylation sites is 1. The lowest BCUT2D eigenvalue weighted by Gasteiger charge is -2.14. The Labute approximate surface area is 111 Å². The second kappa shape index (κ2) is 7.38. The van der Waals surface area contributed by atoms with E-state index in [1.165, 1.54) is 0 Å². The van der Waals surface area contributed by atoms with E-state index < -0.39 is 24.6 Å². The molecule has 0 aliphatic carbocycles. The topological polar surface area (TPSA) is 98.7 Å². The summed E-state index contributed by atoms with van der Waals surface area (Å²) in [6.07, 6.45) is 1.76. The number of aliphatic carboxylic acids is 1. The van der Waals surface area contributed by atoms with Crippen molar-refractivity contribution in [2.45, 2.75) is 25.8 Å². The van der Waals surface area contributed by atoms with Gasteiger partial charge in [0, 0.05) is 5.69 Å². The summed E-state index contributed by atoms with van der Waals surface area (Å²) < 4.78 is 0. The first-order valence-corrected chi connectivity index (χ1v) is 6.07. The predicted molar refractivity (Wildman–Crippen MR) is 71.1 cm³/mol. The fourth-order valence-corrected chi connectivity index (χ4v) is 1.63. The Kier molecular flexibility index (Phi) is 5.81. The van der Waals surface area contributed by atoms with Crippen LogP contribution in [0.25, 0.3) is 0 Å². The molecule has 1 aromatic rings. The molecule has 0 aliphatic heterocycles. The molecule has 6 nitrogen and oxygen atoms in total. The molecule has 0 fully saturated rings. The molecule has 0 radical (unpaired) electrons. The number of aryl methyl sites for hydroxylation is 1. The number of hydrogen-bond donors (Lipinski definition) is 4. The van der Waals surface area contributed by atoms with E-state index >= 15 is 0 Å². The van der Waals surface area contributed by atoms with Crippen molar-refractivity contribution < 1.29 is 19.8 Å². The quantitative estimate of drug-likeness (QED) is 0.622. The molecule has 1 rings (SSSR count). The maximum absolute atomic E-state index is 11.6. The lowest BCUT2D eigenvalue weighted by molar-refractivity contribution is -0.140. The summed E-state index contributed by atoms with van der Waals surface area (Å²) in [4.78, 5) is 22.3. The van der Waals surface area contributed by atoms with Crippen molar-refractivity contribution in [3.05, 3.63) is 29.8 Å². The van der Waals surface area contributed by atoms with Gasteiger partial charge in [-0.25, -0.2) is 9.59 Å². The number of nitrogens with one attached hydrogen (secondary N) is 2. The number of rotatable bonds is 6. The van der Waals surface area contributed by atoms with Crippen molar-refractivity contribution in [2.75, 3.05) is 11.9 Å². The van der Waals surface area contributed by atoms with E-state index in [-0.39, 0.29) is 0 Å². The van der Waals surface area contributed by atoms with Crippen LogP contribution in [0.2, 0.25) is 0 Å². The Morgan fingerprint density at radius 1 is 1.32 bits per heavy atom. The highest BCUT2D eigenvalue weighted by molar-refractivity contribution is 5.92. The summed E-state index contributed by atoms with van der Waals surface area (Å²) in [5.74, 6) is -1.28. The molecule has 0 heterocycles. The molecule has 0 saturated heterocycles. The van der Waals surface area contributed by atoms with Gasteiger partial charge >= 0.3 is 12.0 Å². The number of aliphatic hydroxyl groups is 1. The summed E-state index contributed by atoms with van der Waals surface area (Å²) >= 11 is 0. The highest BCUT2D eigenvalue weighted by Crippen LogP contribution is 2.16. The highest BCUT2D eigenvalue weighted by atomic mass is 16.4. The average Bonchev–Trinajstić information content (AvgIpc) is 2.38. The van der Waals surface area contributed by atoms with Gasteiger partial charge in [-0.15, -0.1) is 0 Å². The molecule has 1 atom stereocenters. The number of carboxylic acid groups (broad SMARTS) is 1. The van der Waals surface area contributed by atoms with Gasteiger partial charge in [0.15, 0.2) is 6.04 Å². The first-order valence-electron chi connectivity index (χ1n) is 6.07. The first kappa shape index (κ1) is 15.0. The summed E-state index contributed by atoms with van der Waals surface area (Å²) in [7, 11) is 0. The minimum absolute atomic E-state index is 0.643. The molecular weight excluding hydrogens is 248 g/mol. The number of carbonyl (C=O) groups is 2. The fourth-order valence-electron chi connectivity index (χ4n) is 1.63. The highest BCUT2D eigenvalue weighted by Gasteiger charge is 2.18. The normalized spacial score (nSPS) is 11.7. The zero-order chi connectivity index (χ0) is 14.3. The van der Waals surface area contributed by atoms with Crippen molar-refractivity contribution in [1.29, 1.82) is 0 Å². The number of carbonyl (C=O) groups excluding carboxylic acids is 1. The van der Waals surface area contributed by atoms with Crippen molar-refractivity contribution in [2.24, 2.45) is 0 Å². The van der Waals surface area contributed by atoms with Crippen LogP contribution in [0.5, 0.6) is 0 Å².